The first kappa shape index (κ1) is 20.5. The summed E-state index contributed by atoms with van der Waals surface area (Å²) in [6, 6.07) is 9.72. The molecule has 2 heterocycles. The molecule has 2 aromatic heterocycles. The van der Waals surface area contributed by atoms with Crippen molar-refractivity contribution in [3.63, 3.8) is 0 Å². The van der Waals surface area contributed by atoms with E-state index in [0.717, 1.165) is 71.7 Å². The third kappa shape index (κ3) is 4.43. The molecular weight excluding hydrogens is 368 g/mol. The van der Waals surface area contributed by atoms with Gasteiger partial charge < -0.3 is 10.3 Å². The summed E-state index contributed by atoms with van der Waals surface area (Å²) in [5.41, 5.74) is 10.2. The van der Waals surface area contributed by atoms with Gasteiger partial charge in [0.15, 0.2) is 5.82 Å². The van der Waals surface area contributed by atoms with E-state index in [1.807, 2.05) is 37.3 Å². The number of benzene rings is 1. The van der Waals surface area contributed by atoms with E-state index >= 15 is 0 Å². The normalized spacial score (nSPS) is 12.5. The number of nitrogens with two attached hydrogens (primary N) is 1. The maximum Gasteiger partial charge on any atom is 0.151 e. The van der Waals surface area contributed by atoms with Crippen LogP contribution >= 0.6 is 0 Å². The van der Waals surface area contributed by atoms with Crippen molar-refractivity contribution < 1.29 is 4.21 Å². The molecule has 150 valence electrons. The first-order valence-electron chi connectivity index (χ1n) is 10.1. The van der Waals surface area contributed by atoms with Gasteiger partial charge in [0.1, 0.15) is 11.3 Å². The van der Waals surface area contributed by atoms with E-state index in [9.17, 15) is 4.21 Å². The van der Waals surface area contributed by atoms with Gasteiger partial charge in [0, 0.05) is 29.3 Å². The van der Waals surface area contributed by atoms with Crippen molar-refractivity contribution in [3.8, 4) is 0 Å². The molecule has 0 fully saturated rings. The fourth-order valence-electron chi connectivity index (χ4n) is 3.57. The van der Waals surface area contributed by atoms with Gasteiger partial charge in [-0.3, -0.25) is 4.21 Å². The summed E-state index contributed by atoms with van der Waals surface area (Å²) in [5, 5.41) is 0. The molecule has 0 aliphatic carbocycles. The molecule has 0 aliphatic heterocycles. The minimum Gasteiger partial charge on any atom is -0.382 e. The van der Waals surface area contributed by atoms with E-state index in [0.29, 0.717) is 11.6 Å². The molecule has 3 aromatic rings. The molecule has 0 aliphatic rings. The highest BCUT2D eigenvalue weighted by atomic mass is 32.2. The second-order valence-electron chi connectivity index (χ2n) is 7.26. The van der Waals surface area contributed by atoms with Crippen molar-refractivity contribution in [2.45, 2.75) is 64.3 Å². The molecule has 0 bridgehead atoms. The topological polar surface area (TPSA) is 73.8 Å². The van der Waals surface area contributed by atoms with Gasteiger partial charge in [-0.2, -0.15) is 0 Å². The van der Waals surface area contributed by atoms with Crippen molar-refractivity contribution >= 4 is 27.7 Å². The molecule has 28 heavy (non-hydrogen) atoms. The van der Waals surface area contributed by atoms with Crippen LogP contribution < -0.4 is 5.73 Å². The summed E-state index contributed by atoms with van der Waals surface area (Å²) in [7, 11) is -0.907. The van der Waals surface area contributed by atoms with Crippen LogP contribution in [0, 0.1) is 13.8 Å². The van der Waals surface area contributed by atoms with Gasteiger partial charge in [0.25, 0.3) is 0 Å². The van der Waals surface area contributed by atoms with Gasteiger partial charge in [0.2, 0.25) is 0 Å². The zero-order chi connectivity index (χ0) is 20.1. The Kier molecular flexibility index (Phi) is 6.83. The predicted octanol–water partition coefficient (Wildman–Crippen LogP) is 4.56. The number of rotatable bonds is 9. The number of aryl methyl sites for hydroxylation is 4. The van der Waals surface area contributed by atoms with Gasteiger partial charge in [-0.25, -0.2) is 9.97 Å². The lowest BCUT2D eigenvalue weighted by molar-refractivity contribution is 0.587. The maximum atomic E-state index is 12.3. The summed E-state index contributed by atoms with van der Waals surface area (Å²) >= 11 is 0. The van der Waals surface area contributed by atoms with Gasteiger partial charge in [-0.1, -0.05) is 31.5 Å². The molecule has 5 nitrogen and oxygen atoms in total. The van der Waals surface area contributed by atoms with E-state index in [4.69, 9.17) is 10.7 Å². The second kappa shape index (κ2) is 9.32. The van der Waals surface area contributed by atoms with Crippen molar-refractivity contribution in [1.82, 2.24) is 14.5 Å². The third-order valence-corrected chi connectivity index (χ3v) is 6.62. The molecule has 0 spiro atoms. The summed E-state index contributed by atoms with van der Waals surface area (Å²) in [6.45, 7) is 7.18. The smallest absolute Gasteiger partial charge is 0.151 e. The molecule has 0 amide bonds. The highest BCUT2D eigenvalue weighted by molar-refractivity contribution is 7.85. The molecule has 1 atom stereocenters. The fourth-order valence-corrected chi connectivity index (χ4v) is 4.73. The fraction of sp³-hybridized carbons (Fsp3) is 0.455. The van der Waals surface area contributed by atoms with Gasteiger partial charge in [-0.15, -0.1) is 0 Å². The number of anilines is 1. The number of nitrogen functional groups attached to an aromatic ring is 1. The predicted molar refractivity (Wildman–Crippen MR) is 117 cm³/mol. The molecule has 0 saturated carbocycles. The lowest BCUT2D eigenvalue weighted by Gasteiger charge is -2.11. The molecule has 6 heteroatoms. The van der Waals surface area contributed by atoms with Crippen molar-refractivity contribution in [1.29, 1.82) is 0 Å². The number of aromatic nitrogens is 3. The average Bonchev–Trinajstić information content (AvgIpc) is 3.06. The Morgan fingerprint density at radius 2 is 1.82 bits per heavy atom. The van der Waals surface area contributed by atoms with Crippen molar-refractivity contribution in [3.05, 3.63) is 47.4 Å². The van der Waals surface area contributed by atoms with E-state index in [-0.39, 0.29) is 0 Å². The van der Waals surface area contributed by atoms with E-state index in [2.05, 4.69) is 23.4 Å². The number of hydrogen-bond acceptors (Lipinski definition) is 4. The second-order valence-corrected chi connectivity index (χ2v) is 8.83. The summed E-state index contributed by atoms with van der Waals surface area (Å²) < 4.78 is 14.7. The van der Waals surface area contributed by atoms with Crippen molar-refractivity contribution in [2.75, 3.05) is 11.5 Å². The third-order valence-electron chi connectivity index (χ3n) is 5.17. The number of pyridine rings is 1. The van der Waals surface area contributed by atoms with Crippen LogP contribution in [0.25, 0.3) is 11.0 Å². The Morgan fingerprint density at radius 3 is 2.54 bits per heavy atom. The molecule has 1 unspecified atom stereocenters. The van der Waals surface area contributed by atoms with Crippen LogP contribution in [-0.2, 0) is 23.8 Å². The highest BCUT2D eigenvalue weighted by Crippen LogP contribution is 2.27. The zero-order valence-corrected chi connectivity index (χ0v) is 17.9. The van der Waals surface area contributed by atoms with Gasteiger partial charge in [-0.05, 0) is 50.8 Å². The Morgan fingerprint density at radius 1 is 1.07 bits per heavy atom. The molecule has 0 saturated heterocycles. The van der Waals surface area contributed by atoms with Crippen LogP contribution in [0.1, 0.15) is 49.7 Å². The van der Waals surface area contributed by atoms with Gasteiger partial charge >= 0.3 is 0 Å². The largest absolute Gasteiger partial charge is 0.382 e. The minimum atomic E-state index is -0.907. The average molecular weight is 399 g/mol. The van der Waals surface area contributed by atoms with Crippen LogP contribution in [0.15, 0.2) is 35.2 Å². The van der Waals surface area contributed by atoms with Crippen LogP contribution in [-0.4, -0.2) is 24.5 Å². The number of nitrogens with zero attached hydrogens (tertiary/aromatic N) is 3. The SMILES string of the molecule is CCCc1nc2c(N)nc(C)c(C)c2n1CCCCCS(=O)c1ccccc1. The summed E-state index contributed by atoms with van der Waals surface area (Å²) in [4.78, 5) is 10.2. The van der Waals surface area contributed by atoms with Gasteiger partial charge in [0.05, 0.1) is 16.3 Å². The summed E-state index contributed by atoms with van der Waals surface area (Å²) in [6.07, 6.45) is 5.02. The monoisotopic (exact) mass is 398 g/mol. The molecular formula is C22H30N4OS. The number of imidazole rings is 1. The highest BCUT2D eigenvalue weighted by Gasteiger charge is 2.17. The standard InChI is InChI=1S/C22H30N4OS/c1-4-11-19-25-20-21(16(2)17(3)24-22(20)23)26(19)14-9-6-10-15-28(27)18-12-7-5-8-13-18/h5,7-8,12-13H,4,6,9-11,14-15H2,1-3H3,(H2,23,24). The number of unbranched alkanes of at least 4 members (excludes halogenated alkanes) is 2. The molecule has 0 radical (unpaired) electrons. The first-order valence-corrected chi connectivity index (χ1v) is 11.4. The lowest BCUT2D eigenvalue weighted by Crippen LogP contribution is -2.06. The Bertz CT molecular complexity index is 966. The Balaban J connectivity index is 1.66. The quantitative estimate of drug-likeness (QED) is 0.536. The van der Waals surface area contributed by atoms with Crippen LogP contribution in [0.2, 0.25) is 0 Å². The molecule has 2 N–H and O–H groups in total. The number of hydrogen-bond donors (Lipinski definition) is 1. The zero-order valence-electron chi connectivity index (χ0n) is 17.1. The van der Waals surface area contributed by atoms with E-state index in [1.165, 1.54) is 0 Å². The Hall–Kier alpha value is -2.21. The molecule has 1 aromatic carbocycles. The van der Waals surface area contributed by atoms with Crippen LogP contribution in [0.4, 0.5) is 5.82 Å². The maximum absolute atomic E-state index is 12.3. The Labute approximate surface area is 169 Å². The first-order chi connectivity index (χ1) is 13.5. The molecule has 3 rings (SSSR count). The van der Waals surface area contributed by atoms with Crippen molar-refractivity contribution in [2.24, 2.45) is 0 Å². The van der Waals surface area contributed by atoms with E-state index in [1.54, 1.807) is 0 Å². The van der Waals surface area contributed by atoms with E-state index < -0.39 is 10.8 Å². The summed E-state index contributed by atoms with van der Waals surface area (Å²) in [5.74, 6) is 2.32. The van der Waals surface area contributed by atoms with Crippen LogP contribution in [0.5, 0.6) is 0 Å². The lowest BCUT2D eigenvalue weighted by atomic mass is 10.2. The minimum absolute atomic E-state index is 0.521. The number of fused-ring (bicyclic) bond motifs is 1. The van der Waals surface area contributed by atoms with Crippen LogP contribution in [0.3, 0.4) is 0 Å².